The Morgan fingerprint density at radius 2 is 1.61 bits per heavy atom. The van der Waals surface area contributed by atoms with Crippen molar-refractivity contribution in [2.45, 2.75) is 65.5 Å². The van der Waals surface area contributed by atoms with Crippen LogP contribution in [-0.2, 0) is 29.0 Å². The van der Waals surface area contributed by atoms with E-state index in [1.165, 1.54) is 5.56 Å². The van der Waals surface area contributed by atoms with Crippen LogP contribution in [-0.4, -0.2) is 29.3 Å². The van der Waals surface area contributed by atoms with Crippen molar-refractivity contribution in [1.29, 1.82) is 0 Å². The predicted octanol–water partition coefficient (Wildman–Crippen LogP) is 5.82. The van der Waals surface area contributed by atoms with E-state index in [2.05, 4.69) is 43.4 Å². The monoisotopic (exact) mass is 462 g/mol. The molecule has 0 unspecified atom stereocenters. The van der Waals surface area contributed by atoms with E-state index in [1.54, 1.807) is 30.0 Å². The second-order valence-corrected chi connectivity index (χ2v) is 8.53. The number of rotatable bonds is 11. The Hall–Kier alpha value is -2.04. The molecule has 0 aliphatic heterocycles. The van der Waals surface area contributed by atoms with Gasteiger partial charge in [-0.1, -0.05) is 73.8 Å². The largest absolute Gasteiger partial charge is 0.354 e. The summed E-state index contributed by atoms with van der Waals surface area (Å²) in [6.45, 7) is 6.72. The minimum Gasteiger partial charge on any atom is -0.354 e. The normalized spacial score (nSPS) is 11.8. The smallest absolute Gasteiger partial charge is 0.242 e. The quantitative estimate of drug-likeness (QED) is 0.427. The molecule has 2 rings (SSSR count). The van der Waals surface area contributed by atoms with Gasteiger partial charge in [0, 0.05) is 35.1 Å². The molecule has 0 heterocycles. The van der Waals surface area contributed by atoms with Crippen LogP contribution in [0.1, 0.15) is 56.7 Å². The second kappa shape index (κ2) is 12.7. The van der Waals surface area contributed by atoms with Gasteiger partial charge in [0.1, 0.15) is 6.04 Å². The lowest BCUT2D eigenvalue weighted by Gasteiger charge is -2.29. The summed E-state index contributed by atoms with van der Waals surface area (Å²) in [5, 5.41) is 3.89. The molecule has 2 aromatic rings. The summed E-state index contributed by atoms with van der Waals surface area (Å²) in [5.41, 5.74) is 3.02. The lowest BCUT2D eigenvalue weighted by Crippen LogP contribution is -2.48. The third-order valence-electron chi connectivity index (χ3n) is 5.45. The number of amides is 2. The fourth-order valence-corrected chi connectivity index (χ4v) is 3.83. The van der Waals surface area contributed by atoms with Crippen molar-refractivity contribution in [2.75, 3.05) is 6.54 Å². The summed E-state index contributed by atoms with van der Waals surface area (Å²) >= 11 is 12.7. The third kappa shape index (κ3) is 7.55. The van der Waals surface area contributed by atoms with Crippen LogP contribution in [0.3, 0.4) is 0 Å². The molecule has 1 atom stereocenters. The van der Waals surface area contributed by atoms with Crippen LogP contribution in [0.25, 0.3) is 0 Å². The first-order chi connectivity index (χ1) is 14.9. The van der Waals surface area contributed by atoms with E-state index >= 15 is 0 Å². The third-order valence-corrected chi connectivity index (χ3v) is 6.15. The Morgan fingerprint density at radius 1 is 1.00 bits per heavy atom. The summed E-state index contributed by atoms with van der Waals surface area (Å²) in [7, 11) is 0. The van der Waals surface area contributed by atoms with Gasteiger partial charge >= 0.3 is 0 Å². The molecule has 6 heteroatoms. The number of nitrogens with zero attached hydrogens (tertiary/aromatic N) is 1. The number of hydrogen-bond acceptors (Lipinski definition) is 2. The van der Waals surface area contributed by atoms with Gasteiger partial charge in [-0.2, -0.15) is 0 Å². The highest BCUT2D eigenvalue weighted by atomic mass is 35.5. The zero-order valence-electron chi connectivity index (χ0n) is 18.6. The fourth-order valence-electron chi connectivity index (χ4n) is 3.31. The van der Waals surface area contributed by atoms with Crippen molar-refractivity contribution in [2.24, 2.45) is 0 Å². The maximum atomic E-state index is 13.2. The number of halogens is 2. The van der Waals surface area contributed by atoms with Gasteiger partial charge < -0.3 is 10.2 Å². The van der Waals surface area contributed by atoms with Gasteiger partial charge in [0.25, 0.3) is 0 Å². The number of carbonyl (C=O) groups is 2. The van der Waals surface area contributed by atoms with Crippen LogP contribution < -0.4 is 5.32 Å². The molecule has 4 nitrogen and oxygen atoms in total. The van der Waals surface area contributed by atoms with E-state index in [0.717, 1.165) is 24.8 Å². The fraction of sp³-hybridized carbons (Fsp3) is 0.440. The van der Waals surface area contributed by atoms with Crippen LogP contribution in [0.15, 0.2) is 42.5 Å². The van der Waals surface area contributed by atoms with Crippen molar-refractivity contribution >= 4 is 35.0 Å². The molecule has 168 valence electrons. The molecule has 0 aliphatic rings. The molecule has 0 aromatic heterocycles. The second-order valence-electron chi connectivity index (χ2n) is 7.71. The van der Waals surface area contributed by atoms with Crippen molar-refractivity contribution in [3.05, 3.63) is 69.2 Å². The standard InChI is InChI=1S/C25H32Cl2N2O2/c1-4-6-16-28-25(31)18(3)29(17-21-22(26)8-7-9-23(21)27)24(30)15-14-20-12-10-19(5-2)11-13-20/h7-13,18H,4-6,14-17H2,1-3H3,(H,28,31)/t18-/m0/s1. The summed E-state index contributed by atoms with van der Waals surface area (Å²) in [6, 6.07) is 12.9. The molecule has 0 bridgehead atoms. The highest BCUT2D eigenvalue weighted by Crippen LogP contribution is 2.27. The van der Waals surface area contributed by atoms with Crippen LogP contribution in [0.2, 0.25) is 10.0 Å². The number of nitrogens with one attached hydrogen (secondary N) is 1. The van der Waals surface area contributed by atoms with Gasteiger partial charge in [-0.15, -0.1) is 0 Å². The summed E-state index contributed by atoms with van der Waals surface area (Å²) in [4.78, 5) is 27.5. The lowest BCUT2D eigenvalue weighted by molar-refractivity contribution is -0.140. The highest BCUT2D eigenvalue weighted by Gasteiger charge is 2.27. The van der Waals surface area contributed by atoms with Crippen molar-refractivity contribution in [3.8, 4) is 0 Å². The Kier molecular flexibility index (Phi) is 10.4. The average Bonchev–Trinajstić information content (AvgIpc) is 2.77. The van der Waals surface area contributed by atoms with E-state index in [0.29, 0.717) is 35.0 Å². The topological polar surface area (TPSA) is 49.4 Å². The minimum absolute atomic E-state index is 0.103. The van der Waals surface area contributed by atoms with Gasteiger partial charge in [-0.3, -0.25) is 9.59 Å². The zero-order chi connectivity index (χ0) is 22.8. The summed E-state index contributed by atoms with van der Waals surface area (Å²) in [5.74, 6) is -0.272. The average molecular weight is 463 g/mol. The molecular formula is C25H32Cl2N2O2. The van der Waals surface area contributed by atoms with Gasteiger partial charge in [0.15, 0.2) is 0 Å². The van der Waals surface area contributed by atoms with E-state index < -0.39 is 6.04 Å². The van der Waals surface area contributed by atoms with E-state index in [-0.39, 0.29) is 18.4 Å². The first-order valence-corrected chi connectivity index (χ1v) is 11.7. The van der Waals surface area contributed by atoms with Crippen LogP contribution in [0.5, 0.6) is 0 Å². The maximum absolute atomic E-state index is 13.2. The molecule has 0 saturated heterocycles. The van der Waals surface area contributed by atoms with Gasteiger partial charge in [0.2, 0.25) is 11.8 Å². The first-order valence-electron chi connectivity index (χ1n) is 10.9. The minimum atomic E-state index is -0.626. The SMILES string of the molecule is CCCCNC(=O)[C@H](C)N(Cc1c(Cl)cccc1Cl)C(=O)CCc1ccc(CC)cc1. The molecule has 2 amide bonds. The molecule has 0 spiro atoms. The van der Waals surface area contributed by atoms with Crippen LogP contribution >= 0.6 is 23.2 Å². The number of unbranched alkanes of at least 4 members (excludes halogenated alkanes) is 1. The van der Waals surface area contributed by atoms with E-state index in [9.17, 15) is 9.59 Å². The van der Waals surface area contributed by atoms with Crippen molar-refractivity contribution < 1.29 is 9.59 Å². The number of carbonyl (C=O) groups excluding carboxylic acids is 2. The lowest BCUT2D eigenvalue weighted by atomic mass is 10.0. The Morgan fingerprint density at radius 3 is 2.19 bits per heavy atom. The van der Waals surface area contributed by atoms with Crippen molar-refractivity contribution in [3.63, 3.8) is 0 Å². The Labute approximate surface area is 195 Å². The molecule has 31 heavy (non-hydrogen) atoms. The highest BCUT2D eigenvalue weighted by molar-refractivity contribution is 6.36. The van der Waals surface area contributed by atoms with Gasteiger partial charge in [-0.05, 0) is 49.4 Å². The number of benzene rings is 2. The Balaban J connectivity index is 2.16. The zero-order valence-corrected chi connectivity index (χ0v) is 20.1. The van der Waals surface area contributed by atoms with Gasteiger partial charge in [-0.25, -0.2) is 0 Å². The van der Waals surface area contributed by atoms with Crippen molar-refractivity contribution in [1.82, 2.24) is 10.2 Å². The molecular weight excluding hydrogens is 431 g/mol. The Bertz CT molecular complexity index is 848. The van der Waals surface area contributed by atoms with Crippen LogP contribution in [0.4, 0.5) is 0 Å². The van der Waals surface area contributed by atoms with Crippen LogP contribution in [0, 0.1) is 0 Å². The molecule has 0 radical (unpaired) electrons. The molecule has 2 aromatic carbocycles. The molecule has 0 aliphatic carbocycles. The van der Waals surface area contributed by atoms with E-state index in [4.69, 9.17) is 23.2 Å². The predicted molar refractivity (Wildman–Crippen MR) is 129 cm³/mol. The number of aryl methyl sites for hydroxylation is 2. The molecule has 0 saturated carbocycles. The maximum Gasteiger partial charge on any atom is 0.242 e. The summed E-state index contributed by atoms with van der Waals surface area (Å²) in [6.07, 6.45) is 3.79. The summed E-state index contributed by atoms with van der Waals surface area (Å²) < 4.78 is 0. The molecule has 0 fully saturated rings. The van der Waals surface area contributed by atoms with Gasteiger partial charge in [0.05, 0.1) is 0 Å². The number of hydrogen-bond donors (Lipinski definition) is 1. The van der Waals surface area contributed by atoms with E-state index in [1.807, 2.05) is 0 Å². The molecule has 1 N–H and O–H groups in total. The first kappa shape index (κ1) is 25.2.